The van der Waals surface area contributed by atoms with E-state index in [1.54, 1.807) is 4.68 Å². The van der Waals surface area contributed by atoms with Crippen LogP contribution in [0, 0.1) is 12.3 Å². The Labute approximate surface area is 126 Å². The fraction of sp³-hybridized carbons (Fsp3) is 0.133. The molecule has 2 aromatic heterocycles. The number of nitrogen functional groups attached to an aromatic ring is 1. The van der Waals surface area contributed by atoms with Crippen molar-refractivity contribution in [1.82, 2.24) is 14.8 Å². The highest BCUT2D eigenvalue weighted by atomic mass is 32.2. The number of nitrogens with one attached hydrogen (secondary N) is 1. The summed E-state index contributed by atoms with van der Waals surface area (Å²) in [6.45, 7) is 1.95. The van der Waals surface area contributed by atoms with E-state index in [0.717, 1.165) is 26.6 Å². The maximum Gasteiger partial charge on any atom is 0.125 e. The zero-order valence-electron chi connectivity index (χ0n) is 11.8. The van der Waals surface area contributed by atoms with Gasteiger partial charge in [0, 0.05) is 18.0 Å². The molecule has 0 fully saturated rings. The third-order valence-corrected chi connectivity index (χ3v) is 4.24. The summed E-state index contributed by atoms with van der Waals surface area (Å²) >= 11 is 1.47. The maximum absolute atomic E-state index is 7.78. The Hall–Kier alpha value is -2.34. The van der Waals surface area contributed by atoms with Crippen molar-refractivity contribution in [3.05, 3.63) is 47.7 Å². The van der Waals surface area contributed by atoms with Crippen molar-refractivity contribution in [2.45, 2.75) is 17.0 Å². The van der Waals surface area contributed by atoms with Gasteiger partial charge in [0.25, 0.3) is 0 Å². The highest BCUT2D eigenvalue weighted by Gasteiger charge is 2.13. The van der Waals surface area contributed by atoms with Crippen LogP contribution in [0.1, 0.15) is 11.3 Å². The first-order valence-electron chi connectivity index (χ1n) is 6.47. The minimum absolute atomic E-state index is 0.0228. The van der Waals surface area contributed by atoms with Gasteiger partial charge in [-0.1, -0.05) is 18.2 Å². The normalized spacial score (nSPS) is 11.0. The largest absolute Gasteiger partial charge is 0.384 e. The quantitative estimate of drug-likeness (QED) is 0.575. The molecule has 0 amide bonds. The SMILES string of the molecule is Cc1cc(Sc2nc3ccccc3cc2C(=N)N)n(C)n1. The molecule has 21 heavy (non-hydrogen) atoms. The molecule has 5 nitrogen and oxygen atoms in total. The van der Waals surface area contributed by atoms with Crippen LogP contribution in [-0.2, 0) is 7.05 Å². The van der Waals surface area contributed by atoms with E-state index in [1.807, 2.05) is 50.4 Å². The molecule has 0 bridgehead atoms. The molecule has 0 aliphatic heterocycles. The number of hydrogen-bond donors (Lipinski definition) is 2. The summed E-state index contributed by atoms with van der Waals surface area (Å²) in [4.78, 5) is 4.64. The number of nitrogens with zero attached hydrogens (tertiary/aromatic N) is 3. The Morgan fingerprint density at radius 3 is 2.71 bits per heavy atom. The first-order chi connectivity index (χ1) is 10.0. The molecule has 3 rings (SSSR count). The molecule has 0 atom stereocenters. The van der Waals surface area contributed by atoms with Crippen molar-refractivity contribution in [2.75, 3.05) is 0 Å². The first-order valence-corrected chi connectivity index (χ1v) is 7.29. The zero-order chi connectivity index (χ0) is 15.0. The molecule has 3 aromatic rings. The van der Waals surface area contributed by atoms with Crippen LogP contribution >= 0.6 is 11.8 Å². The predicted molar refractivity (Wildman–Crippen MR) is 84.8 cm³/mol. The number of aromatic nitrogens is 3. The summed E-state index contributed by atoms with van der Waals surface area (Å²) in [5.74, 6) is 0.0228. The Bertz CT molecular complexity index is 837. The van der Waals surface area contributed by atoms with Gasteiger partial charge in [0.1, 0.15) is 15.9 Å². The van der Waals surface area contributed by atoms with Gasteiger partial charge in [-0.2, -0.15) is 5.10 Å². The molecule has 0 radical (unpaired) electrons. The third-order valence-electron chi connectivity index (χ3n) is 3.14. The van der Waals surface area contributed by atoms with Gasteiger partial charge < -0.3 is 5.73 Å². The number of rotatable bonds is 3. The highest BCUT2D eigenvalue weighted by molar-refractivity contribution is 7.99. The first kappa shape index (κ1) is 13.6. The van der Waals surface area contributed by atoms with Crippen LogP contribution in [0.15, 0.2) is 46.5 Å². The lowest BCUT2D eigenvalue weighted by Gasteiger charge is -2.09. The van der Waals surface area contributed by atoms with Gasteiger partial charge in [0.15, 0.2) is 0 Å². The molecule has 1 aromatic carbocycles. The van der Waals surface area contributed by atoms with Gasteiger partial charge in [-0.05, 0) is 36.9 Å². The zero-order valence-corrected chi connectivity index (χ0v) is 12.6. The number of benzene rings is 1. The van der Waals surface area contributed by atoms with Crippen LogP contribution in [0.3, 0.4) is 0 Å². The number of fused-ring (bicyclic) bond motifs is 1. The Kier molecular flexibility index (Phi) is 3.39. The minimum atomic E-state index is 0.0228. The molecule has 2 heterocycles. The van der Waals surface area contributed by atoms with Crippen molar-refractivity contribution in [3.63, 3.8) is 0 Å². The van der Waals surface area contributed by atoms with Crippen LogP contribution < -0.4 is 5.73 Å². The van der Waals surface area contributed by atoms with Gasteiger partial charge in [-0.25, -0.2) is 4.98 Å². The second-order valence-corrected chi connectivity index (χ2v) is 5.81. The summed E-state index contributed by atoms with van der Waals surface area (Å²) in [5, 5.41) is 14.8. The lowest BCUT2D eigenvalue weighted by Crippen LogP contribution is -2.13. The number of amidine groups is 1. The summed E-state index contributed by atoms with van der Waals surface area (Å²) in [5.41, 5.74) is 8.20. The molecule has 106 valence electrons. The Morgan fingerprint density at radius 1 is 1.29 bits per heavy atom. The second-order valence-electron chi connectivity index (χ2n) is 4.80. The van der Waals surface area contributed by atoms with E-state index in [4.69, 9.17) is 11.1 Å². The van der Waals surface area contributed by atoms with Gasteiger partial charge in [0.2, 0.25) is 0 Å². The van der Waals surface area contributed by atoms with Crippen molar-refractivity contribution in [1.29, 1.82) is 5.41 Å². The molecule has 0 unspecified atom stereocenters. The monoisotopic (exact) mass is 297 g/mol. The van der Waals surface area contributed by atoms with Crippen LogP contribution in [0.25, 0.3) is 10.9 Å². The summed E-state index contributed by atoms with van der Waals surface area (Å²) in [7, 11) is 1.89. The molecule has 0 saturated carbocycles. The number of pyridine rings is 1. The average Bonchev–Trinajstić information content (AvgIpc) is 2.76. The van der Waals surface area contributed by atoms with E-state index in [2.05, 4.69) is 10.1 Å². The second kappa shape index (κ2) is 5.21. The van der Waals surface area contributed by atoms with Gasteiger partial charge in [0.05, 0.1) is 11.2 Å². The van der Waals surface area contributed by atoms with Crippen LogP contribution in [0.5, 0.6) is 0 Å². The minimum Gasteiger partial charge on any atom is -0.384 e. The lowest BCUT2D eigenvalue weighted by atomic mass is 10.1. The highest BCUT2D eigenvalue weighted by Crippen LogP contribution is 2.31. The topological polar surface area (TPSA) is 80.6 Å². The molecule has 3 N–H and O–H groups in total. The summed E-state index contributed by atoms with van der Waals surface area (Å²) in [6.07, 6.45) is 0. The standard InChI is InChI=1S/C15H15N5S/c1-9-7-13(20(2)19-9)21-15-11(14(16)17)8-10-5-3-4-6-12(10)18-15/h3-8H,1-2H3,(H3,16,17). The van der Waals surface area contributed by atoms with E-state index >= 15 is 0 Å². The fourth-order valence-corrected chi connectivity index (χ4v) is 3.17. The molecule has 0 aliphatic carbocycles. The number of nitrogens with two attached hydrogens (primary N) is 1. The molecule has 0 saturated heterocycles. The molecule has 6 heteroatoms. The molecule has 0 spiro atoms. The van der Waals surface area contributed by atoms with Crippen molar-refractivity contribution >= 4 is 28.5 Å². The van der Waals surface area contributed by atoms with Gasteiger partial charge in [-0.15, -0.1) is 0 Å². The smallest absolute Gasteiger partial charge is 0.125 e. The van der Waals surface area contributed by atoms with Crippen molar-refractivity contribution < 1.29 is 0 Å². The van der Waals surface area contributed by atoms with E-state index in [9.17, 15) is 0 Å². The van der Waals surface area contributed by atoms with E-state index in [0.29, 0.717) is 5.56 Å². The number of aryl methyl sites for hydroxylation is 2. The molecular formula is C15H15N5S. The third kappa shape index (κ3) is 2.62. The van der Waals surface area contributed by atoms with E-state index < -0.39 is 0 Å². The molecule has 0 aliphatic rings. The lowest BCUT2D eigenvalue weighted by molar-refractivity contribution is 0.692. The molecular weight excluding hydrogens is 282 g/mol. The van der Waals surface area contributed by atoms with Crippen LogP contribution in [-0.4, -0.2) is 20.6 Å². The Morgan fingerprint density at radius 2 is 2.05 bits per heavy atom. The number of hydrogen-bond acceptors (Lipinski definition) is 4. The van der Waals surface area contributed by atoms with Crippen molar-refractivity contribution in [2.24, 2.45) is 12.8 Å². The average molecular weight is 297 g/mol. The van der Waals surface area contributed by atoms with Gasteiger partial charge >= 0.3 is 0 Å². The van der Waals surface area contributed by atoms with Crippen LogP contribution in [0.4, 0.5) is 0 Å². The Balaban J connectivity index is 2.13. The summed E-state index contributed by atoms with van der Waals surface area (Å²) in [6, 6.07) is 11.7. The summed E-state index contributed by atoms with van der Waals surface area (Å²) < 4.78 is 1.81. The predicted octanol–water partition coefficient (Wildman–Crippen LogP) is 2.71. The van der Waals surface area contributed by atoms with Gasteiger partial charge in [-0.3, -0.25) is 10.1 Å². The van der Waals surface area contributed by atoms with E-state index in [-0.39, 0.29) is 5.84 Å². The van der Waals surface area contributed by atoms with E-state index in [1.165, 1.54) is 11.8 Å². The van der Waals surface area contributed by atoms with Crippen LogP contribution in [0.2, 0.25) is 0 Å². The fourth-order valence-electron chi connectivity index (χ4n) is 2.15. The maximum atomic E-state index is 7.78. The van der Waals surface area contributed by atoms with Crippen molar-refractivity contribution in [3.8, 4) is 0 Å². The number of para-hydroxylation sites is 1.